The molecule has 2 aromatic heterocycles. The fraction of sp³-hybridized carbons (Fsp3) is 0.154. The first-order valence-electron chi connectivity index (χ1n) is 5.83. The Bertz CT molecular complexity index is 623. The highest BCUT2D eigenvalue weighted by molar-refractivity contribution is 7.12. The molecule has 19 heavy (non-hydrogen) atoms. The standard InChI is InChI=1S/C13H11N3O2S/c17-13(11-4-2-8-19-11)16-15-9-5-7-18-10-3-1-6-14-12(9)10/h1-4,6,8H,5,7H2,(H,16,17)/b15-9+. The number of carbonyl (C=O) groups excluding carboxylic acids is 1. The molecule has 1 N–H and O–H groups in total. The number of hydrogen-bond donors (Lipinski definition) is 1. The Hall–Kier alpha value is -2.21. The minimum atomic E-state index is -0.202. The molecule has 0 saturated carbocycles. The average molecular weight is 273 g/mol. The molecule has 0 bridgehead atoms. The molecule has 0 aromatic carbocycles. The Morgan fingerprint density at radius 1 is 1.42 bits per heavy atom. The van der Waals surface area contributed by atoms with Crippen LogP contribution in [0.3, 0.4) is 0 Å². The van der Waals surface area contributed by atoms with Gasteiger partial charge in [-0.2, -0.15) is 5.10 Å². The van der Waals surface area contributed by atoms with Gasteiger partial charge in [-0.25, -0.2) is 5.43 Å². The number of thiophene rings is 1. The van der Waals surface area contributed by atoms with Gasteiger partial charge >= 0.3 is 0 Å². The summed E-state index contributed by atoms with van der Waals surface area (Å²) in [7, 11) is 0. The Morgan fingerprint density at radius 3 is 3.21 bits per heavy atom. The number of ether oxygens (including phenoxy) is 1. The zero-order valence-corrected chi connectivity index (χ0v) is 10.8. The van der Waals surface area contributed by atoms with Gasteiger partial charge in [0.05, 0.1) is 17.2 Å². The highest BCUT2D eigenvalue weighted by atomic mass is 32.1. The number of hydrazone groups is 1. The van der Waals surface area contributed by atoms with Crippen molar-refractivity contribution < 1.29 is 9.53 Å². The lowest BCUT2D eigenvalue weighted by molar-refractivity contribution is 0.0958. The van der Waals surface area contributed by atoms with Gasteiger partial charge in [0, 0.05) is 12.6 Å². The van der Waals surface area contributed by atoms with E-state index in [1.54, 1.807) is 12.3 Å². The van der Waals surface area contributed by atoms with Crippen LogP contribution in [0.4, 0.5) is 0 Å². The Labute approximate surface area is 113 Å². The maximum Gasteiger partial charge on any atom is 0.281 e. The third-order valence-electron chi connectivity index (χ3n) is 2.68. The van der Waals surface area contributed by atoms with Gasteiger partial charge in [-0.1, -0.05) is 6.07 Å². The minimum Gasteiger partial charge on any atom is -0.491 e. The maximum atomic E-state index is 11.8. The van der Waals surface area contributed by atoms with Gasteiger partial charge in [0.25, 0.3) is 5.91 Å². The summed E-state index contributed by atoms with van der Waals surface area (Å²) in [6, 6.07) is 7.25. The first kappa shape index (κ1) is 11.9. The summed E-state index contributed by atoms with van der Waals surface area (Å²) in [6.07, 6.45) is 2.32. The number of fused-ring (bicyclic) bond motifs is 1. The molecular weight excluding hydrogens is 262 g/mol. The number of aromatic nitrogens is 1. The van der Waals surface area contributed by atoms with Gasteiger partial charge in [-0.15, -0.1) is 11.3 Å². The van der Waals surface area contributed by atoms with Crippen LogP contribution < -0.4 is 10.2 Å². The van der Waals surface area contributed by atoms with E-state index in [2.05, 4.69) is 15.5 Å². The van der Waals surface area contributed by atoms with Crippen molar-refractivity contribution in [2.24, 2.45) is 5.10 Å². The Balaban J connectivity index is 1.80. The fourth-order valence-electron chi connectivity index (χ4n) is 1.79. The number of carbonyl (C=O) groups is 1. The van der Waals surface area contributed by atoms with Crippen LogP contribution in [-0.4, -0.2) is 23.2 Å². The molecular formula is C13H11N3O2S. The molecule has 1 amide bonds. The number of nitrogens with zero attached hydrogens (tertiary/aromatic N) is 2. The molecule has 1 aliphatic rings. The van der Waals surface area contributed by atoms with Gasteiger partial charge in [-0.05, 0) is 23.6 Å². The van der Waals surface area contributed by atoms with Crippen LogP contribution in [0.5, 0.6) is 5.75 Å². The average Bonchev–Trinajstić information content (AvgIpc) is 2.99. The van der Waals surface area contributed by atoms with E-state index in [1.165, 1.54) is 11.3 Å². The molecule has 0 saturated heterocycles. The second-order valence-corrected chi connectivity index (χ2v) is 4.87. The molecule has 96 valence electrons. The lowest BCUT2D eigenvalue weighted by atomic mass is 10.1. The zero-order valence-electron chi connectivity index (χ0n) is 10.00. The summed E-state index contributed by atoms with van der Waals surface area (Å²) in [4.78, 5) is 16.7. The molecule has 0 aliphatic carbocycles. The molecule has 0 fully saturated rings. The van der Waals surface area contributed by atoms with Crippen molar-refractivity contribution in [3.8, 4) is 5.75 Å². The number of pyridine rings is 1. The molecule has 2 aromatic rings. The SMILES string of the molecule is O=C(N/N=C1\CCOc2cccnc21)c1cccs1. The van der Waals surface area contributed by atoms with Crippen LogP contribution in [-0.2, 0) is 0 Å². The monoisotopic (exact) mass is 273 g/mol. The maximum absolute atomic E-state index is 11.8. The number of rotatable bonds is 2. The third kappa shape index (κ3) is 2.48. The molecule has 5 nitrogen and oxygen atoms in total. The summed E-state index contributed by atoms with van der Waals surface area (Å²) in [5, 5.41) is 6.02. The Kier molecular flexibility index (Phi) is 3.24. The van der Waals surface area contributed by atoms with Crippen molar-refractivity contribution in [1.82, 2.24) is 10.4 Å². The van der Waals surface area contributed by atoms with E-state index in [9.17, 15) is 4.79 Å². The first-order chi connectivity index (χ1) is 9.34. The van der Waals surface area contributed by atoms with Crippen molar-refractivity contribution >= 4 is 23.0 Å². The van der Waals surface area contributed by atoms with Crippen LogP contribution in [0.15, 0.2) is 40.9 Å². The summed E-state index contributed by atoms with van der Waals surface area (Å²) in [6.45, 7) is 0.548. The number of hydrogen-bond acceptors (Lipinski definition) is 5. The first-order valence-corrected chi connectivity index (χ1v) is 6.71. The smallest absolute Gasteiger partial charge is 0.281 e. The summed E-state index contributed by atoms with van der Waals surface area (Å²) >= 11 is 1.38. The Morgan fingerprint density at radius 2 is 2.37 bits per heavy atom. The predicted octanol–water partition coefficient (Wildman–Crippen LogP) is 2.06. The van der Waals surface area contributed by atoms with Crippen molar-refractivity contribution in [3.05, 3.63) is 46.4 Å². The molecule has 3 rings (SSSR count). The highest BCUT2D eigenvalue weighted by Gasteiger charge is 2.18. The molecule has 0 unspecified atom stereocenters. The largest absolute Gasteiger partial charge is 0.491 e. The van der Waals surface area contributed by atoms with Crippen LogP contribution in [0, 0.1) is 0 Å². The van der Waals surface area contributed by atoms with E-state index in [4.69, 9.17) is 4.74 Å². The highest BCUT2D eigenvalue weighted by Crippen LogP contribution is 2.21. The van der Waals surface area contributed by atoms with Crippen molar-refractivity contribution in [2.45, 2.75) is 6.42 Å². The van der Waals surface area contributed by atoms with Crippen LogP contribution in [0.25, 0.3) is 0 Å². The van der Waals surface area contributed by atoms with Gasteiger partial charge in [-0.3, -0.25) is 9.78 Å². The van der Waals surface area contributed by atoms with E-state index < -0.39 is 0 Å². The lowest BCUT2D eigenvalue weighted by Crippen LogP contribution is -2.23. The van der Waals surface area contributed by atoms with Gasteiger partial charge in [0.2, 0.25) is 0 Å². The van der Waals surface area contributed by atoms with Gasteiger partial charge in [0.1, 0.15) is 11.4 Å². The molecule has 0 atom stereocenters. The molecule has 0 radical (unpaired) electrons. The second kappa shape index (κ2) is 5.19. The van der Waals surface area contributed by atoms with Crippen LogP contribution >= 0.6 is 11.3 Å². The van der Waals surface area contributed by atoms with Gasteiger partial charge in [0.15, 0.2) is 0 Å². The van der Waals surface area contributed by atoms with E-state index in [0.29, 0.717) is 29.3 Å². The van der Waals surface area contributed by atoms with E-state index in [1.807, 2.05) is 23.6 Å². The molecule has 3 heterocycles. The summed E-state index contributed by atoms with van der Waals surface area (Å²) in [5.74, 6) is 0.504. The summed E-state index contributed by atoms with van der Waals surface area (Å²) in [5.41, 5.74) is 4.00. The lowest BCUT2D eigenvalue weighted by Gasteiger charge is -2.17. The number of amides is 1. The van der Waals surface area contributed by atoms with Crippen LogP contribution in [0.1, 0.15) is 21.8 Å². The minimum absolute atomic E-state index is 0.202. The molecule has 1 aliphatic heterocycles. The summed E-state index contributed by atoms with van der Waals surface area (Å²) < 4.78 is 5.48. The molecule has 6 heteroatoms. The zero-order chi connectivity index (χ0) is 13.1. The van der Waals surface area contributed by atoms with E-state index in [-0.39, 0.29) is 5.91 Å². The van der Waals surface area contributed by atoms with E-state index in [0.717, 1.165) is 5.71 Å². The van der Waals surface area contributed by atoms with Crippen molar-refractivity contribution in [3.63, 3.8) is 0 Å². The van der Waals surface area contributed by atoms with Gasteiger partial charge < -0.3 is 4.74 Å². The van der Waals surface area contributed by atoms with Crippen molar-refractivity contribution in [1.29, 1.82) is 0 Å². The van der Waals surface area contributed by atoms with E-state index >= 15 is 0 Å². The topological polar surface area (TPSA) is 63.6 Å². The normalized spacial score (nSPS) is 15.7. The van der Waals surface area contributed by atoms with Crippen LogP contribution in [0.2, 0.25) is 0 Å². The third-order valence-corrected chi connectivity index (χ3v) is 3.55. The quantitative estimate of drug-likeness (QED) is 0.852. The predicted molar refractivity (Wildman–Crippen MR) is 72.7 cm³/mol. The van der Waals surface area contributed by atoms with Crippen molar-refractivity contribution in [2.75, 3.05) is 6.61 Å². The second-order valence-electron chi connectivity index (χ2n) is 3.93. The molecule has 0 spiro atoms. The fourth-order valence-corrected chi connectivity index (χ4v) is 2.40. The number of nitrogens with one attached hydrogen (secondary N) is 1.